The van der Waals surface area contributed by atoms with E-state index in [9.17, 15) is 17.2 Å². The Kier molecular flexibility index (Phi) is 4.94. The van der Waals surface area contributed by atoms with E-state index in [1.165, 1.54) is 0 Å². The maximum absolute atomic E-state index is 14.1. The first-order chi connectivity index (χ1) is 13.8. The zero-order valence-electron chi connectivity index (χ0n) is 16.2. The average molecular weight is 428 g/mol. The van der Waals surface area contributed by atoms with Crippen LogP contribution in [0.4, 0.5) is 8.78 Å². The molecule has 4 aliphatic rings. The number of hydrogen-bond donors (Lipinski definition) is 1. The van der Waals surface area contributed by atoms with Crippen molar-refractivity contribution in [3.63, 3.8) is 0 Å². The van der Waals surface area contributed by atoms with Gasteiger partial charge in [0, 0.05) is 43.8 Å². The van der Waals surface area contributed by atoms with E-state index in [0.29, 0.717) is 38.0 Å². The quantitative estimate of drug-likeness (QED) is 0.788. The molecule has 0 radical (unpaired) electrons. The van der Waals surface area contributed by atoms with Crippen molar-refractivity contribution in [2.45, 2.75) is 42.7 Å². The number of rotatable bonds is 4. The zero-order valence-corrected chi connectivity index (χ0v) is 17.0. The number of halogens is 2. The van der Waals surface area contributed by atoms with Crippen molar-refractivity contribution in [3.05, 3.63) is 35.4 Å². The molecule has 4 fully saturated rings. The number of sulfonamides is 1. The van der Waals surface area contributed by atoms with Gasteiger partial charge >= 0.3 is 0 Å². The lowest BCUT2D eigenvalue weighted by molar-refractivity contribution is -0.0485. The van der Waals surface area contributed by atoms with Crippen molar-refractivity contribution in [2.75, 3.05) is 32.8 Å². The van der Waals surface area contributed by atoms with E-state index < -0.39 is 33.8 Å². The van der Waals surface area contributed by atoms with E-state index in [0.717, 1.165) is 44.1 Å². The largest absolute Gasteiger partial charge is 0.370 e. The summed E-state index contributed by atoms with van der Waals surface area (Å²) in [6, 6.07) is 3.06. The molecule has 1 aliphatic carbocycles. The van der Waals surface area contributed by atoms with Gasteiger partial charge in [-0.2, -0.15) is 0 Å². The molecule has 3 saturated heterocycles. The third-order valence-electron chi connectivity index (χ3n) is 6.97. The molecule has 5 atom stereocenters. The Morgan fingerprint density at radius 1 is 1.07 bits per heavy atom. The second-order valence-electron chi connectivity index (χ2n) is 9.01. The van der Waals surface area contributed by atoms with Crippen LogP contribution in [0.5, 0.6) is 0 Å². The van der Waals surface area contributed by atoms with Crippen LogP contribution >= 0.6 is 0 Å². The van der Waals surface area contributed by atoms with E-state index in [1.807, 2.05) is 0 Å². The molecule has 0 bridgehead atoms. The topological polar surface area (TPSA) is 75.9 Å². The third kappa shape index (κ3) is 3.61. The lowest BCUT2D eigenvalue weighted by atomic mass is 9.93. The van der Waals surface area contributed by atoms with Crippen molar-refractivity contribution in [1.29, 1.82) is 0 Å². The second kappa shape index (κ2) is 7.23. The summed E-state index contributed by atoms with van der Waals surface area (Å²) in [5.41, 5.74) is 6.47. The molecule has 5 rings (SSSR count). The third-order valence-corrected chi connectivity index (χ3v) is 9.30. The Morgan fingerprint density at radius 2 is 1.76 bits per heavy atom. The average Bonchev–Trinajstić information content (AvgIpc) is 3.35. The summed E-state index contributed by atoms with van der Waals surface area (Å²) in [5, 5.41) is -0.151. The highest BCUT2D eigenvalue weighted by Gasteiger charge is 2.49. The maximum Gasteiger partial charge on any atom is 0.217 e. The first kappa shape index (κ1) is 19.8. The van der Waals surface area contributed by atoms with Gasteiger partial charge in [0.1, 0.15) is 17.7 Å². The van der Waals surface area contributed by atoms with E-state index in [4.69, 9.17) is 10.5 Å². The molecule has 3 aliphatic heterocycles. The Bertz CT molecular complexity index is 881. The summed E-state index contributed by atoms with van der Waals surface area (Å²) >= 11 is 0. The van der Waals surface area contributed by atoms with Gasteiger partial charge in [-0.15, -0.1) is 0 Å². The first-order valence-electron chi connectivity index (χ1n) is 10.4. The molecule has 1 aromatic rings. The van der Waals surface area contributed by atoms with Crippen LogP contribution in [0.25, 0.3) is 0 Å². The predicted molar refractivity (Wildman–Crippen MR) is 103 cm³/mol. The number of nitrogens with two attached hydrogens (primary N) is 1. The van der Waals surface area contributed by atoms with Gasteiger partial charge in [-0.3, -0.25) is 4.90 Å². The smallest absolute Gasteiger partial charge is 0.217 e. The molecule has 6 nitrogen and oxygen atoms in total. The molecule has 1 saturated carbocycles. The fourth-order valence-electron chi connectivity index (χ4n) is 5.22. The summed E-state index contributed by atoms with van der Waals surface area (Å²) < 4.78 is 60.2. The van der Waals surface area contributed by atoms with Crippen LogP contribution in [0.3, 0.4) is 0 Å². The molecular weight excluding hydrogens is 400 g/mol. The summed E-state index contributed by atoms with van der Waals surface area (Å²) in [5.74, 6) is -0.313. The normalized spacial score (nSPS) is 36.4. The van der Waals surface area contributed by atoms with Gasteiger partial charge in [0.25, 0.3) is 0 Å². The van der Waals surface area contributed by atoms with Crippen LogP contribution in [0.1, 0.15) is 30.9 Å². The lowest BCUT2D eigenvalue weighted by Gasteiger charge is -2.39. The van der Waals surface area contributed by atoms with E-state index in [2.05, 4.69) is 4.90 Å². The standard InChI is InChI=1S/C20H27F2N3O3S/c21-14-1-4-18(22)17(5-14)20-19(23)6-15(11-28-20)24-7-12-9-25(10-13(12)8-24)29(26,27)16-2-3-16/h1,4-5,12-13,15-16,19-20H,2-3,6-11,23H2/t12?,13?,15-,19+,20-/m1/s1. The molecule has 0 amide bonds. The van der Waals surface area contributed by atoms with Gasteiger partial charge in [0.05, 0.1) is 11.9 Å². The monoisotopic (exact) mass is 427 g/mol. The minimum atomic E-state index is -3.10. The molecular formula is C20H27F2N3O3S. The Balaban J connectivity index is 1.20. The number of nitrogens with zero attached hydrogens (tertiary/aromatic N) is 2. The number of ether oxygens (including phenoxy) is 1. The molecule has 2 N–H and O–H groups in total. The highest BCUT2D eigenvalue weighted by molar-refractivity contribution is 7.90. The van der Waals surface area contributed by atoms with Crippen LogP contribution in [0.15, 0.2) is 18.2 Å². The summed E-state index contributed by atoms with van der Waals surface area (Å²) in [7, 11) is -3.10. The van der Waals surface area contributed by atoms with Gasteiger partial charge < -0.3 is 10.5 Å². The van der Waals surface area contributed by atoms with E-state index in [1.54, 1.807) is 4.31 Å². The van der Waals surface area contributed by atoms with Gasteiger partial charge in [-0.1, -0.05) is 0 Å². The number of likely N-dealkylation sites (tertiary alicyclic amines) is 1. The van der Waals surface area contributed by atoms with Crippen molar-refractivity contribution >= 4 is 10.0 Å². The van der Waals surface area contributed by atoms with Crippen molar-refractivity contribution in [3.8, 4) is 0 Å². The minimum Gasteiger partial charge on any atom is -0.370 e. The van der Waals surface area contributed by atoms with E-state index in [-0.39, 0.29) is 16.9 Å². The molecule has 160 valence electrons. The maximum atomic E-state index is 14.1. The SMILES string of the molecule is N[C@H]1C[C@@H](N2CC3CN(S(=O)(=O)C4CC4)CC3C2)CO[C@@H]1c1cc(F)ccc1F. The zero-order chi connectivity index (χ0) is 20.3. The molecule has 9 heteroatoms. The first-order valence-corrected chi connectivity index (χ1v) is 11.9. The van der Waals surface area contributed by atoms with Gasteiger partial charge in [0.15, 0.2) is 0 Å². The van der Waals surface area contributed by atoms with E-state index >= 15 is 0 Å². The minimum absolute atomic E-state index is 0.122. The number of hydrogen-bond acceptors (Lipinski definition) is 5. The molecule has 29 heavy (non-hydrogen) atoms. The summed E-state index contributed by atoms with van der Waals surface area (Å²) in [4.78, 5) is 2.34. The molecule has 2 unspecified atom stereocenters. The van der Waals surface area contributed by atoms with Crippen molar-refractivity contribution < 1.29 is 21.9 Å². The molecule has 0 aromatic heterocycles. The Morgan fingerprint density at radius 3 is 2.38 bits per heavy atom. The highest BCUT2D eigenvalue weighted by atomic mass is 32.2. The van der Waals surface area contributed by atoms with Crippen molar-refractivity contribution in [1.82, 2.24) is 9.21 Å². The predicted octanol–water partition coefficient (Wildman–Crippen LogP) is 1.48. The lowest BCUT2D eigenvalue weighted by Crippen LogP contribution is -2.49. The summed E-state index contributed by atoms with van der Waals surface area (Å²) in [6.07, 6.45) is 1.59. The van der Waals surface area contributed by atoms with Crippen LogP contribution in [-0.4, -0.2) is 67.7 Å². The molecule has 0 spiro atoms. The van der Waals surface area contributed by atoms with Crippen LogP contribution in [-0.2, 0) is 14.8 Å². The molecule has 3 heterocycles. The molecule has 1 aromatic carbocycles. The Labute approximate surface area is 170 Å². The second-order valence-corrected chi connectivity index (χ2v) is 11.2. The van der Waals surface area contributed by atoms with Crippen LogP contribution < -0.4 is 5.73 Å². The van der Waals surface area contributed by atoms with Gasteiger partial charge in [0.2, 0.25) is 10.0 Å². The number of benzene rings is 1. The van der Waals surface area contributed by atoms with Crippen molar-refractivity contribution in [2.24, 2.45) is 17.6 Å². The summed E-state index contributed by atoms with van der Waals surface area (Å²) in [6.45, 7) is 3.30. The van der Waals surface area contributed by atoms with Crippen LogP contribution in [0, 0.1) is 23.5 Å². The van der Waals surface area contributed by atoms with Crippen LogP contribution in [0.2, 0.25) is 0 Å². The highest BCUT2D eigenvalue weighted by Crippen LogP contribution is 2.40. The number of fused-ring (bicyclic) bond motifs is 1. The van der Waals surface area contributed by atoms with Gasteiger partial charge in [-0.25, -0.2) is 21.5 Å². The fourth-order valence-corrected chi connectivity index (χ4v) is 7.17. The fraction of sp³-hybridized carbons (Fsp3) is 0.700. The Hall–Kier alpha value is -1.13. The van der Waals surface area contributed by atoms with Gasteiger partial charge in [-0.05, 0) is 49.3 Å².